The van der Waals surface area contributed by atoms with Crippen molar-refractivity contribution < 1.29 is 0 Å². The van der Waals surface area contributed by atoms with Crippen molar-refractivity contribution in [3.05, 3.63) is 0 Å². The summed E-state index contributed by atoms with van der Waals surface area (Å²) < 4.78 is 0. The topological polar surface area (TPSA) is 32.5 Å². The van der Waals surface area contributed by atoms with Crippen LogP contribution in [0.2, 0.25) is 0 Å². The molecule has 0 aromatic rings. The lowest BCUT2D eigenvalue weighted by molar-refractivity contribution is 0.128. The molecule has 96 valence electrons. The summed E-state index contributed by atoms with van der Waals surface area (Å²) in [6, 6.07) is 0.707. The number of rotatable bonds is 4. The van der Waals surface area contributed by atoms with Crippen LogP contribution in [-0.2, 0) is 0 Å². The Kier molecular flexibility index (Phi) is 5.22. The molecule has 1 atom stereocenters. The summed E-state index contributed by atoms with van der Waals surface area (Å²) in [7, 11) is 2.24. The molecule has 1 rings (SSSR count). The van der Waals surface area contributed by atoms with Crippen LogP contribution in [-0.4, -0.2) is 55.6 Å². The second-order valence-corrected chi connectivity index (χ2v) is 6.02. The molecule has 0 aromatic carbocycles. The molecule has 16 heavy (non-hydrogen) atoms. The first-order chi connectivity index (χ1) is 7.48. The van der Waals surface area contributed by atoms with Gasteiger partial charge < -0.3 is 10.6 Å². The summed E-state index contributed by atoms with van der Waals surface area (Å²) >= 11 is 0. The van der Waals surface area contributed by atoms with Crippen LogP contribution in [0.1, 0.15) is 33.6 Å². The molecule has 1 fully saturated rings. The van der Waals surface area contributed by atoms with Gasteiger partial charge in [0.1, 0.15) is 0 Å². The molecule has 0 amide bonds. The zero-order valence-electron chi connectivity index (χ0n) is 11.5. The Morgan fingerprint density at radius 1 is 1.31 bits per heavy atom. The molecule has 2 N–H and O–H groups in total. The van der Waals surface area contributed by atoms with Gasteiger partial charge in [0.15, 0.2) is 0 Å². The van der Waals surface area contributed by atoms with Gasteiger partial charge in [-0.05, 0) is 44.9 Å². The van der Waals surface area contributed by atoms with E-state index in [0.717, 1.165) is 13.1 Å². The quantitative estimate of drug-likeness (QED) is 0.788. The summed E-state index contributed by atoms with van der Waals surface area (Å²) in [5.74, 6) is 0. The zero-order valence-corrected chi connectivity index (χ0v) is 11.5. The molecule has 0 aromatic heterocycles. The molecule has 3 nitrogen and oxygen atoms in total. The second-order valence-electron chi connectivity index (χ2n) is 6.02. The fourth-order valence-electron chi connectivity index (χ4n) is 2.50. The zero-order chi connectivity index (χ0) is 12.2. The summed E-state index contributed by atoms with van der Waals surface area (Å²) in [5.41, 5.74) is 6.09. The van der Waals surface area contributed by atoms with Crippen molar-refractivity contribution >= 4 is 0 Å². The third-order valence-corrected chi connectivity index (χ3v) is 3.68. The molecule has 0 radical (unpaired) electrons. The third kappa shape index (κ3) is 4.04. The van der Waals surface area contributed by atoms with E-state index in [0.29, 0.717) is 6.04 Å². The Morgan fingerprint density at radius 3 is 2.56 bits per heavy atom. The first kappa shape index (κ1) is 13.9. The van der Waals surface area contributed by atoms with E-state index in [1.165, 1.54) is 32.5 Å². The fourth-order valence-corrected chi connectivity index (χ4v) is 2.50. The van der Waals surface area contributed by atoms with E-state index in [4.69, 9.17) is 5.73 Å². The van der Waals surface area contributed by atoms with Gasteiger partial charge in [0.05, 0.1) is 0 Å². The van der Waals surface area contributed by atoms with E-state index in [1.54, 1.807) is 0 Å². The average molecular weight is 227 g/mol. The Morgan fingerprint density at radius 2 is 2.00 bits per heavy atom. The van der Waals surface area contributed by atoms with Gasteiger partial charge in [-0.3, -0.25) is 4.90 Å². The van der Waals surface area contributed by atoms with E-state index in [9.17, 15) is 0 Å². The van der Waals surface area contributed by atoms with E-state index < -0.39 is 0 Å². The van der Waals surface area contributed by atoms with Crippen molar-refractivity contribution in [3.8, 4) is 0 Å². The van der Waals surface area contributed by atoms with Gasteiger partial charge in [0.25, 0.3) is 0 Å². The van der Waals surface area contributed by atoms with Crippen molar-refractivity contribution in [1.29, 1.82) is 0 Å². The molecular weight excluding hydrogens is 198 g/mol. The maximum Gasteiger partial charge on any atom is 0.0220 e. The van der Waals surface area contributed by atoms with Gasteiger partial charge >= 0.3 is 0 Å². The lowest BCUT2D eigenvalue weighted by Crippen LogP contribution is -2.46. The first-order valence-corrected chi connectivity index (χ1v) is 6.61. The van der Waals surface area contributed by atoms with Crippen LogP contribution in [0.25, 0.3) is 0 Å². The molecule has 0 spiro atoms. The van der Waals surface area contributed by atoms with E-state index in [-0.39, 0.29) is 5.41 Å². The molecule has 1 saturated heterocycles. The van der Waals surface area contributed by atoms with Crippen LogP contribution in [0.3, 0.4) is 0 Å². The minimum Gasteiger partial charge on any atom is -0.330 e. The van der Waals surface area contributed by atoms with Crippen molar-refractivity contribution in [2.24, 2.45) is 11.1 Å². The molecule has 1 aliphatic rings. The van der Waals surface area contributed by atoms with Gasteiger partial charge in [-0.2, -0.15) is 0 Å². The standard InChI is InChI=1S/C13H29N3/c1-5-12-9-15(4)7-6-8-16(12)11-13(2,3)10-14/h12H,5-11,14H2,1-4H3. The summed E-state index contributed by atoms with van der Waals surface area (Å²) in [6.07, 6.45) is 2.53. The van der Waals surface area contributed by atoms with Crippen LogP contribution in [0, 0.1) is 5.41 Å². The van der Waals surface area contributed by atoms with E-state index in [1.807, 2.05) is 0 Å². The minimum absolute atomic E-state index is 0.246. The molecular formula is C13H29N3. The lowest BCUT2D eigenvalue weighted by atomic mass is 9.92. The Bertz CT molecular complexity index is 203. The van der Waals surface area contributed by atoms with Gasteiger partial charge in [-0.1, -0.05) is 20.8 Å². The highest BCUT2D eigenvalue weighted by molar-refractivity contribution is 4.83. The smallest absolute Gasteiger partial charge is 0.0220 e. The van der Waals surface area contributed by atoms with Crippen LogP contribution >= 0.6 is 0 Å². The second kappa shape index (κ2) is 5.99. The average Bonchev–Trinajstić information content (AvgIpc) is 2.40. The highest BCUT2D eigenvalue weighted by atomic mass is 15.2. The molecule has 1 aliphatic heterocycles. The third-order valence-electron chi connectivity index (χ3n) is 3.68. The van der Waals surface area contributed by atoms with Crippen molar-refractivity contribution in [1.82, 2.24) is 9.80 Å². The predicted molar refractivity (Wildman–Crippen MR) is 70.6 cm³/mol. The normalized spacial score (nSPS) is 25.7. The predicted octanol–water partition coefficient (Wildman–Crippen LogP) is 1.39. The van der Waals surface area contributed by atoms with Crippen LogP contribution in [0.15, 0.2) is 0 Å². The Balaban J connectivity index is 2.61. The maximum absolute atomic E-state index is 5.84. The van der Waals surface area contributed by atoms with Gasteiger partial charge in [0, 0.05) is 19.1 Å². The molecule has 0 bridgehead atoms. The summed E-state index contributed by atoms with van der Waals surface area (Å²) in [6.45, 7) is 12.4. The minimum atomic E-state index is 0.246. The molecule has 0 aliphatic carbocycles. The van der Waals surface area contributed by atoms with Crippen molar-refractivity contribution in [3.63, 3.8) is 0 Å². The van der Waals surface area contributed by atoms with Crippen LogP contribution < -0.4 is 5.73 Å². The van der Waals surface area contributed by atoms with Crippen LogP contribution in [0.4, 0.5) is 0 Å². The van der Waals surface area contributed by atoms with E-state index in [2.05, 4.69) is 37.6 Å². The highest BCUT2D eigenvalue weighted by Crippen LogP contribution is 2.20. The largest absolute Gasteiger partial charge is 0.330 e. The van der Waals surface area contributed by atoms with Gasteiger partial charge in [-0.25, -0.2) is 0 Å². The Labute approximate surface area is 101 Å². The number of likely N-dealkylation sites (N-methyl/N-ethyl adjacent to an activating group) is 1. The number of hydrogen-bond donors (Lipinski definition) is 1. The van der Waals surface area contributed by atoms with Gasteiger partial charge in [0.2, 0.25) is 0 Å². The highest BCUT2D eigenvalue weighted by Gasteiger charge is 2.27. The van der Waals surface area contributed by atoms with E-state index >= 15 is 0 Å². The summed E-state index contributed by atoms with van der Waals surface area (Å²) in [4.78, 5) is 5.11. The number of nitrogens with two attached hydrogens (primary N) is 1. The first-order valence-electron chi connectivity index (χ1n) is 6.61. The fraction of sp³-hybridized carbons (Fsp3) is 1.00. The molecule has 3 heteroatoms. The molecule has 1 unspecified atom stereocenters. The lowest BCUT2D eigenvalue weighted by Gasteiger charge is -2.36. The monoisotopic (exact) mass is 227 g/mol. The summed E-state index contributed by atoms with van der Waals surface area (Å²) in [5, 5.41) is 0. The van der Waals surface area contributed by atoms with Crippen LogP contribution in [0.5, 0.6) is 0 Å². The Hall–Kier alpha value is -0.120. The van der Waals surface area contributed by atoms with Crippen molar-refractivity contribution in [2.75, 3.05) is 39.8 Å². The van der Waals surface area contributed by atoms with Gasteiger partial charge in [-0.15, -0.1) is 0 Å². The number of nitrogens with zero attached hydrogens (tertiary/aromatic N) is 2. The maximum atomic E-state index is 5.84. The molecule has 1 heterocycles. The SMILES string of the molecule is CCC1CN(C)CCCN1CC(C)(C)CN. The number of hydrogen-bond acceptors (Lipinski definition) is 3. The van der Waals surface area contributed by atoms with Crippen molar-refractivity contribution in [2.45, 2.75) is 39.7 Å². The molecule has 0 saturated carbocycles.